The van der Waals surface area contributed by atoms with Gasteiger partial charge in [0.2, 0.25) is 5.89 Å². The lowest BCUT2D eigenvalue weighted by molar-refractivity contribution is -0.143. The number of esters is 1. The highest BCUT2D eigenvalue weighted by atomic mass is 16.6. The van der Waals surface area contributed by atoms with E-state index in [0.29, 0.717) is 17.0 Å². The highest BCUT2D eigenvalue weighted by molar-refractivity contribution is 6.15. The SMILES string of the molecule is CCCCc1c2ccccc2c(-c2ccc(-c3nc4cc(CC(NC(=O)OC(C)(C)C)C(=O)OC)ccc4o3)cc2)c2ccccc12. The van der Waals surface area contributed by atoms with Gasteiger partial charge in [0.1, 0.15) is 17.2 Å². The van der Waals surface area contributed by atoms with Crippen LogP contribution in [-0.4, -0.2) is 35.8 Å². The number of carbonyl (C=O) groups is 2. The van der Waals surface area contributed by atoms with E-state index in [1.807, 2.05) is 30.3 Å². The summed E-state index contributed by atoms with van der Waals surface area (Å²) >= 11 is 0. The van der Waals surface area contributed by atoms with Crippen LogP contribution in [0.25, 0.3) is 55.2 Å². The molecule has 1 unspecified atom stereocenters. The first-order valence-electron chi connectivity index (χ1n) is 16.1. The van der Waals surface area contributed by atoms with Gasteiger partial charge in [0.25, 0.3) is 0 Å². The van der Waals surface area contributed by atoms with E-state index in [-0.39, 0.29) is 6.42 Å². The summed E-state index contributed by atoms with van der Waals surface area (Å²) in [6.45, 7) is 7.53. The van der Waals surface area contributed by atoms with Crippen LogP contribution < -0.4 is 5.32 Å². The van der Waals surface area contributed by atoms with Gasteiger partial charge in [-0.1, -0.05) is 80.1 Å². The van der Waals surface area contributed by atoms with E-state index in [9.17, 15) is 9.59 Å². The monoisotopic (exact) mass is 628 g/mol. The topological polar surface area (TPSA) is 90.7 Å². The van der Waals surface area contributed by atoms with Crippen molar-refractivity contribution in [1.82, 2.24) is 10.3 Å². The Labute approximate surface area is 274 Å². The number of carbonyl (C=O) groups excluding carboxylic acids is 2. The zero-order valence-electron chi connectivity index (χ0n) is 27.6. The molecule has 1 aromatic heterocycles. The van der Waals surface area contributed by atoms with Gasteiger partial charge in [-0.15, -0.1) is 0 Å². The highest BCUT2D eigenvalue weighted by Gasteiger charge is 2.26. The third-order valence-electron chi connectivity index (χ3n) is 8.31. The van der Waals surface area contributed by atoms with Crippen molar-refractivity contribution >= 4 is 44.7 Å². The van der Waals surface area contributed by atoms with Crippen LogP contribution in [0.2, 0.25) is 0 Å². The van der Waals surface area contributed by atoms with E-state index in [2.05, 4.69) is 72.9 Å². The fourth-order valence-electron chi connectivity index (χ4n) is 6.18. The fraction of sp³-hybridized carbons (Fsp3) is 0.275. The molecule has 240 valence electrons. The normalized spacial score (nSPS) is 12.4. The Bertz CT molecular complexity index is 2010. The van der Waals surface area contributed by atoms with Crippen molar-refractivity contribution in [3.8, 4) is 22.6 Å². The van der Waals surface area contributed by atoms with E-state index in [4.69, 9.17) is 18.9 Å². The molecule has 7 nitrogen and oxygen atoms in total. The van der Waals surface area contributed by atoms with Crippen LogP contribution in [0.4, 0.5) is 4.79 Å². The number of hydrogen-bond donors (Lipinski definition) is 1. The van der Waals surface area contributed by atoms with Crippen LogP contribution in [0.5, 0.6) is 0 Å². The van der Waals surface area contributed by atoms with Crippen molar-refractivity contribution in [2.45, 2.75) is 65.0 Å². The van der Waals surface area contributed by atoms with Crippen LogP contribution in [0, 0.1) is 0 Å². The van der Waals surface area contributed by atoms with Gasteiger partial charge >= 0.3 is 12.1 Å². The molecule has 1 atom stereocenters. The number of benzene rings is 5. The number of aromatic nitrogens is 1. The second-order valence-corrected chi connectivity index (χ2v) is 12.9. The van der Waals surface area contributed by atoms with Gasteiger partial charge < -0.3 is 19.2 Å². The number of aryl methyl sites for hydroxylation is 1. The molecule has 0 saturated carbocycles. The second-order valence-electron chi connectivity index (χ2n) is 12.9. The Balaban J connectivity index is 1.30. The van der Waals surface area contributed by atoms with Crippen molar-refractivity contribution in [1.29, 1.82) is 0 Å². The zero-order valence-corrected chi connectivity index (χ0v) is 27.6. The standard InChI is InChI=1S/C40H40N2O5/c1-6-7-12-28-29-13-8-10-15-31(29)36(32-16-11-9-14-30(28)32)26-18-20-27(21-19-26)37-41-33-23-25(17-22-35(33)46-37)24-34(38(43)45-5)42-39(44)47-40(2,3)4/h8-11,13-23,34H,6-7,12,24H2,1-5H3,(H,42,44). The van der Waals surface area contributed by atoms with Crippen molar-refractivity contribution < 1.29 is 23.5 Å². The lowest BCUT2D eigenvalue weighted by atomic mass is 9.86. The largest absolute Gasteiger partial charge is 0.467 e. The number of alkyl carbamates (subject to hydrolysis) is 1. The molecule has 0 spiro atoms. The van der Waals surface area contributed by atoms with Gasteiger partial charge in [0.15, 0.2) is 5.58 Å². The van der Waals surface area contributed by atoms with E-state index in [1.165, 1.54) is 39.8 Å². The van der Waals surface area contributed by atoms with Crippen molar-refractivity contribution in [3.05, 3.63) is 102 Å². The van der Waals surface area contributed by atoms with Crippen LogP contribution in [0.15, 0.2) is 95.4 Å². The number of nitrogens with zero attached hydrogens (tertiary/aromatic N) is 1. The highest BCUT2D eigenvalue weighted by Crippen LogP contribution is 2.40. The Kier molecular flexibility index (Phi) is 8.99. The number of rotatable bonds is 9. The Hall–Kier alpha value is -5.17. The maximum atomic E-state index is 12.5. The maximum absolute atomic E-state index is 12.5. The van der Waals surface area contributed by atoms with E-state index in [1.54, 1.807) is 20.8 Å². The minimum Gasteiger partial charge on any atom is -0.467 e. The molecule has 47 heavy (non-hydrogen) atoms. The van der Waals surface area contributed by atoms with E-state index < -0.39 is 23.7 Å². The van der Waals surface area contributed by atoms with Gasteiger partial charge in [-0.05, 0) is 102 Å². The molecule has 6 rings (SSSR count). The molecule has 5 aromatic carbocycles. The molecular weight excluding hydrogens is 588 g/mol. The molecule has 6 aromatic rings. The first kappa shape index (κ1) is 31.8. The molecule has 0 bridgehead atoms. The Morgan fingerprint density at radius 2 is 1.47 bits per heavy atom. The van der Waals surface area contributed by atoms with Crippen molar-refractivity contribution in [2.24, 2.45) is 0 Å². The lowest BCUT2D eigenvalue weighted by Gasteiger charge is -2.22. The molecule has 0 aliphatic heterocycles. The molecule has 0 aliphatic carbocycles. The van der Waals surface area contributed by atoms with Crippen LogP contribution in [-0.2, 0) is 27.1 Å². The smallest absolute Gasteiger partial charge is 0.408 e. The van der Waals surface area contributed by atoms with Crippen molar-refractivity contribution in [3.63, 3.8) is 0 Å². The molecule has 0 fully saturated rings. The minimum absolute atomic E-state index is 0.206. The molecule has 1 heterocycles. The molecule has 0 aliphatic rings. The van der Waals surface area contributed by atoms with Crippen molar-refractivity contribution in [2.75, 3.05) is 7.11 Å². The zero-order chi connectivity index (χ0) is 33.1. The fourth-order valence-corrected chi connectivity index (χ4v) is 6.18. The number of nitrogens with one attached hydrogen (secondary N) is 1. The predicted octanol–water partition coefficient (Wildman–Crippen LogP) is 9.42. The van der Waals surface area contributed by atoms with Gasteiger partial charge in [-0.2, -0.15) is 0 Å². The Morgan fingerprint density at radius 1 is 0.851 bits per heavy atom. The molecule has 1 amide bonds. The van der Waals surface area contributed by atoms with Crippen LogP contribution >= 0.6 is 0 Å². The number of hydrogen-bond acceptors (Lipinski definition) is 6. The molecular formula is C40H40N2O5. The Morgan fingerprint density at radius 3 is 2.06 bits per heavy atom. The first-order chi connectivity index (χ1) is 22.6. The van der Waals surface area contributed by atoms with Crippen LogP contribution in [0.1, 0.15) is 51.7 Å². The van der Waals surface area contributed by atoms with Gasteiger partial charge in [0, 0.05) is 12.0 Å². The lowest BCUT2D eigenvalue weighted by Crippen LogP contribution is -2.45. The summed E-state index contributed by atoms with van der Waals surface area (Å²) in [6, 6.07) is 30.5. The average Bonchev–Trinajstić information content (AvgIpc) is 3.49. The minimum atomic E-state index is -0.918. The predicted molar refractivity (Wildman–Crippen MR) is 187 cm³/mol. The quantitative estimate of drug-likeness (QED) is 0.127. The van der Waals surface area contributed by atoms with Crippen LogP contribution in [0.3, 0.4) is 0 Å². The summed E-state index contributed by atoms with van der Waals surface area (Å²) < 4.78 is 16.4. The molecule has 7 heteroatoms. The number of amides is 1. The molecule has 0 saturated heterocycles. The number of unbranched alkanes of at least 4 members (excludes halogenated alkanes) is 1. The molecule has 0 radical (unpaired) electrons. The number of fused-ring (bicyclic) bond motifs is 3. The summed E-state index contributed by atoms with van der Waals surface area (Å²) in [7, 11) is 1.29. The van der Waals surface area contributed by atoms with Gasteiger partial charge in [0.05, 0.1) is 7.11 Å². The van der Waals surface area contributed by atoms with E-state index >= 15 is 0 Å². The van der Waals surface area contributed by atoms with Gasteiger partial charge in [-0.3, -0.25) is 0 Å². The van der Waals surface area contributed by atoms with E-state index in [0.717, 1.165) is 36.0 Å². The third kappa shape index (κ3) is 6.85. The maximum Gasteiger partial charge on any atom is 0.408 e. The number of methoxy groups -OCH3 is 1. The summed E-state index contributed by atoms with van der Waals surface area (Å²) in [4.78, 5) is 29.6. The number of ether oxygens (including phenoxy) is 2. The summed E-state index contributed by atoms with van der Waals surface area (Å²) in [5.41, 5.74) is 6.02. The number of oxazole rings is 1. The summed E-state index contributed by atoms with van der Waals surface area (Å²) in [5, 5.41) is 7.75. The summed E-state index contributed by atoms with van der Waals surface area (Å²) in [5.74, 6) is -0.0576. The first-order valence-corrected chi connectivity index (χ1v) is 16.1. The third-order valence-corrected chi connectivity index (χ3v) is 8.31. The van der Waals surface area contributed by atoms with Gasteiger partial charge in [-0.25, -0.2) is 14.6 Å². The average molecular weight is 629 g/mol. The summed E-state index contributed by atoms with van der Waals surface area (Å²) in [6.07, 6.45) is 2.89. The molecule has 1 N–H and O–H groups in total. The second kappa shape index (κ2) is 13.3.